The molecule has 0 aliphatic rings. The van der Waals surface area contributed by atoms with Crippen molar-refractivity contribution in [3.63, 3.8) is 0 Å². The predicted octanol–water partition coefficient (Wildman–Crippen LogP) is 3.96. The van der Waals surface area contributed by atoms with Gasteiger partial charge in [0.05, 0.1) is 25.5 Å². The number of ether oxygens (including phenoxy) is 3. The Hall–Kier alpha value is -3.16. The van der Waals surface area contributed by atoms with Crippen LogP contribution in [0.1, 0.15) is 27.9 Å². The minimum Gasteiger partial charge on any atom is -0.493 e. The number of nitrogens with one attached hydrogen (secondary N) is 1. The first-order chi connectivity index (χ1) is 13.3. The molecule has 8 heteroatoms. The summed E-state index contributed by atoms with van der Waals surface area (Å²) in [5.41, 5.74) is 2.05. The van der Waals surface area contributed by atoms with E-state index in [1.165, 1.54) is 20.3 Å². The van der Waals surface area contributed by atoms with E-state index >= 15 is 0 Å². The van der Waals surface area contributed by atoms with Gasteiger partial charge in [-0.1, -0.05) is 29.8 Å². The van der Waals surface area contributed by atoms with Gasteiger partial charge in [0.2, 0.25) is 5.91 Å². The number of halogens is 2. The number of benzene rings is 2. The third-order valence-electron chi connectivity index (χ3n) is 3.96. The highest BCUT2D eigenvalue weighted by Gasteiger charge is 2.21. The van der Waals surface area contributed by atoms with Crippen molar-refractivity contribution in [3.8, 4) is 11.5 Å². The zero-order valence-electron chi connectivity index (χ0n) is 15.8. The lowest BCUT2D eigenvalue weighted by atomic mass is 10.1. The summed E-state index contributed by atoms with van der Waals surface area (Å²) in [6.07, 6.45) is 0.622. The summed E-state index contributed by atoms with van der Waals surface area (Å²) >= 11 is 0. The van der Waals surface area contributed by atoms with Crippen molar-refractivity contribution < 1.29 is 32.6 Å². The van der Waals surface area contributed by atoms with Crippen molar-refractivity contribution >= 4 is 17.6 Å². The van der Waals surface area contributed by atoms with Gasteiger partial charge < -0.3 is 19.5 Å². The molecule has 0 heterocycles. The van der Waals surface area contributed by atoms with Crippen LogP contribution in [-0.2, 0) is 16.0 Å². The minimum absolute atomic E-state index is 0.00259. The van der Waals surface area contributed by atoms with E-state index in [-0.39, 0.29) is 35.1 Å². The van der Waals surface area contributed by atoms with Crippen LogP contribution in [0, 0.1) is 6.92 Å². The average molecular weight is 393 g/mol. The number of rotatable bonds is 8. The molecule has 1 N–H and O–H groups in total. The first-order valence-corrected chi connectivity index (χ1v) is 8.44. The Labute approximate surface area is 161 Å². The molecule has 0 atom stereocenters. The molecule has 2 aromatic rings. The maximum Gasteiger partial charge on any atom is 0.387 e. The van der Waals surface area contributed by atoms with E-state index in [0.717, 1.165) is 17.2 Å². The van der Waals surface area contributed by atoms with E-state index < -0.39 is 12.6 Å². The van der Waals surface area contributed by atoms with Crippen LogP contribution in [0.25, 0.3) is 0 Å². The van der Waals surface area contributed by atoms with Gasteiger partial charge in [-0.25, -0.2) is 4.79 Å². The smallest absolute Gasteiger partial charge is 0.387 e. The molecule has 0 fully saturated rings. The van der Waals surface area contributed by atoms with E-state index in [2.05, 4.69) is 14.8 Å². The summed E-state index contributed by atoms with van der Waals surface area (Å²) in [6.45, 7) is -1.13. The highest BCUT2D eigenvalue weighted by Crippen LogP contribution is 2.35. The van der Waals surface area contributed by atoms with Gasteiger partial charge >= 0.3 is 12.6 Å². The van der Waals surface area contributed by atoms with Gasteiger partial charge in [-0.2, -0.15) is 8.78 Å². The monoisotopic (exact) mass is 393 g/mol. The van der Waals surface area contributed by atoms with Crippen LogP contribution in [0.3, 0.4) is 0 Å². The molecule has 0 spiro atoms. The molecule has 0 unspecified atom stereocenters. The zero-order chi connectivity index (χ0) is 20.7. The topological polar surface area (TPSA) is 73.9 Å². The molecule has 6 nitrogen and oxygen atoms in total. The van der Waals surface area contributed by atoms with Gasteiger partial charge in [0.25, 0.3) is 0 Å². The highest BCUT2D eigenvalue weighted by atomic mass is 19.3. The Morgan fingerprint density at radius 2 is 1.75 bits per heavy atom. The quantitative estimate of drug-likeness (QED) is 0.687. The summed E-state index contributed by atoms with van der Waals surface area (Å²) in [4.78, 5) is 24.3. The molecule has 28 heavy (non-hydrogen) atoms. The molecule has 0 saturated carbocycles. The third kappa shape index (κ3) is 5.67. The van der Waals surface area contributed by atoms with Crippen LogP contribution >= 0.6 is 0 Å². The maximum absolute atomic E-state index is 12.6. The molecule has 1 amide bonds. The van der Waals surface area contributed by atoms with Gasteiger partial charge in [-0.05, 0) is 18.9 Å². The van der Waals surface area contributed by atoms with Crippen LogP contribution in [0.2, 0.25) is 0 Å². The first kappa shape index (κ1) is 21.1. The van der Waals surface area contributed by atoms with Gasteiger partial charge in [0.15, 0.2) is 11.5 Å². The van der Waals surface area contributed by atoms with Crippen molar-refractivity contribution in [1.82, 2.24) is 0 Å². The van der Waals surface area contributed by atoms with Gasteiger partial charge in [0.1, 0.15) is 0 Å². The van der Waals surface area contributed by atoms with Crippen LogP contribution < -0.4 is 14.8 Å². The second-order valence-corrected chi connectivity index (χ2v) is 5.95. The van der Waals surface area contributed by atoms with Crippen LogP contribution in [-0.4, -0.2) is 32.7 Å². The summed E-state index contributed by atoms with van der Waals surface area (Å²) < 4.78 is 39.3. The van der Waals surface area contributed by atoms with Crippen molar-refractivity contribution in [2.75, 3.05) is 19.5 Å². The molecule has 0 aliphatic carbocycles. The Bertz CT molecular complexity index is 837. The van der Waals surface area contributed by atoms with E-state index in [4.69, 9.17) is 4.74 Å². The van der Waals surface area contributed by atoms with Crippen LogP contribution in [0.15, 0.2) is 36.4 Å². The third-order valence-corrected chi connectivity index (χ3v) is 3.96. The number of carbonyl (C=O) groups excluding carboxylic acids is 2. The molecule has 0 radical (unpaired) electrons. The maximum atomic E-state index is 12.6. The highest BCUT2D eigenvalue weighted by molar-refractivity contribution is 6.02. The van der Waals surface area contributed by atoms with E-state index in [9.17, 15) is 18.4 Å². The number of esters is 1. The first-order valence-electron chi connectivity index (χ1n) is 8.44. The molecule has 0 saturated heterocycles. The molecule has 0 aromatic heterocycles. The Kier molecular flexibility index (Phi) is 7.31. The van der Waals surface area contributed by atoms with E-state index in [1.807, 2.05) is 31.2 Å². The number of amides is 1. The lowest BCUT2D eigenvalue weighted by Crippen LogP contribution is -2.16. The zero-order valence-corrected chi connectivity index (χ0v) is 15.8. The fraction of sp³-hybridized carbons (Fsp3) is 0.300. The number of hydrogen-bond acceptors (Lipinski definition) is 5. The lowest BCUT2D eigenvalue weighted by Gasteiger charge is -2.15. The normalized spacial score (nSPS) is 10.5. The summed E-state index contributed by atoms with van der Waals surface area (Å²) in [7, 11) is 2.41. The number of methoxy groups -OCH3 is 2. The molecular weight excluding hydrogens is 372 g/mol. The van der Waals surface area contributed by atoms with Gasteiger partial charge in [-0.3, -0.25) is 4.79 Å². The SMILES string of the molecule is COC(=O)c1cc(OC)c(OC(F)F)cc1NC(=O)CCc1ccc(C)cc1. The average Bonchev–Trinajstić information content (AvgIpc) is 2.66. The molecule has 0 bridgehead atoms. The number of hydrogen-bond donors (Lipinski definition) is 1. The second-order valence-electron chi connectivity index (χ2n) is 5.95. The fourth-order valence-corrected chi connectivity index (χ4v) is 2.52. The Morgan fingerprint density at radius 1 is 1.07 bits per heavy atom. The number of alkyl halides is 2. The van der Waals surface area contributed by atoms with Crippen LogP contribution in [0.4, 0.5) is 14.5 Å². The summed E-state index contributed by atoms with van der Waals surface area (Å²) in [6, 6.07) is 10.0. The standard InChI is InChI=1S/C20H21F2NO5/c1-12-4-6-13(7-5-12)8-9-18(24)23-15-11-17(28-20(21)22)16(26-2)10-14(15)19(25)27-3/h4-7,10-11,20H,8-9H2,1-3H3,(H,23,24). The van der Waals surface area contributed by atoms with E-state index in [0.29, 0.717) is 6.42 Å². The van der Waals surface area contributed by atoms with Crippen molar-refractivity contribution in [2.24, 2.45) is 0 Å². The minimum atomic E-state index is -3.09. The van der Waals surface area contributed by atoms with Crippen molar-refractivity contribution in [3.05, 3.63) is 53.1 Å². The fourth-order valence-electron chi connectivity index (χ4n) is 2.52. The van der Waals surface area contributed by atoms with E-state index in [1.54, 1.807) is 0 Å². The molecular formula is C20H21F2NO5. The van der Waals surface area contributed by atoms with Crippen molar-refractivity contribution in [1.29, 1.82) is 0 Å². The number of anilines is 1. The molecule has 0 aliphatic heterocycles. The summed E-state index contributed by atoms with van der Waals surface area (Å²) in [5.74, 6) is -1.54. The summed E-state index contributed by atoms with van der Waals surface area (Å²) in [5, 5.41) is 2.55. The number of carbonyl (C=O) groups is 2. The van der Waals surface area contributed by atoms with Crippen molar-refractivity contribution in [2.45, 2.75) is 26.4 Å². The molecule has 150 valence electrons. The Morgan fingerprint density at radius 3 is 2.32 bits per heavy atom. The largest absolute Gasteiger partial charge is 0.493 e. The molecule has 2 aromatic carbocycles. The molecule has 2 rings (SSSR count). The van der Waals surface area contributed by atoms with Gasteiger partial charge in [-0.15, -0.1) is 0 Å². The predicted molar refractivity (Wildman–Crippen MR) is 99.1 cm³/mol. The van der Waals surface area contributed by atoms with Gasteiger partial charge in [0, 0.05) is 18.6 Å². The lowest BCUT2D eigenvalue weighted by molar-refractivity contribution is -0.116. The second kappa shape index (κ2) is 9.68. The van der Waals surface area contributed by atoms with Crippen LogP contribution in [0.5, 0.6) is 11.5 Å². The number of aryl methyl sites for hydroxylation is 2. The Balaban J connectivity index is 2.21.